The predicted molar refractivity (Wildman–Crippen MR) is 135 cm³/mol. The van der Waals surface area contributed by atoms with E-state index in [0.29, 0.717) is 41.0 Å². The molecule has 3 rings (SSSR count). The van der Waals surface area contributed by atoms with E-state index >= 15 is 0 Å². The Kier molecular flexibility index (Phi) is 9.60. The van der Waals surface area contributed by atoms with Gasteiger partial charge in [0.15, 0.2) is 11.5 Å². The van der Waals surface area contributed by atoms with Crippen LogP contribution >= 0.6 is 11.6 Å². The van der Waals surface area contributed by atoms with Gasteiger partial charge in [-0.1, -0.05) is 37.1 Å². The first-order valence-electron chi connectivity index (χ1n) is 11.9. The first kappa shape index (κ1) is 25.8. The van der Waals surface area contributed by atoms with Crippen LogP contribution in [0.25, 0.3) is 0 Å². The van der Waals surface area contributed by atoms with E-state index in [4.69, 9.17) is 26.8 Å². The number of carbonyl (C=O) groups is 2. The van der Waals surface area contributed by atoms with Crippen molar-refractivity contribution in [2.24, 2.45) is 11.7 Å². The topological polar surface area (TPSA) is 93.9 Å². The molecule has 7 nitrogen and oxygen atoms in total. The molecule has 8 heteroatoms. The molecule has 0 aromatic heterocycles. The Morgan fingerprint density at radius 3 is 2.59 bits per heavy atom. The van der Waals surface area contributed by atoms with E-state index in [1.807, 2.05) is 31.2 Å². The number of ether oxygens (including phenoxy) is 2. The summed E-state index contributed by atoms with van der Waals surface area (Å²) in [5, 5.41) is 3.30. The van der Waals surface area contributed by atoms with Crippen LogP contribution < -0.4 is 20.5 Å². The van der Waals surface area contributed by atoms with Gasteiger partial charge in [-0.2, -0.15) is 0 Å². The summed E-state index contributed by atoms with van der Waals surface area (Å²) >= 11 is 6.44. The molecule has 0 bridgehead atoms. The lowest BCUT2D eigenvalue weighted by Gasteiger charge is -2.30. The van der Waals surface area contributed by atoms with Crippen LogP contribution in [-0.4, -0.2) is 43.0 Å². The summed E-state index contributed by atoms with van der Waals surface area (Å²) in [6, 6.07) is 11.0. The summed E-state index contributed by atoms with van der Waals surface area (Å²) in [6.07, 6.45) is 3.48. The first-order valence-corrected chi connectivity index (χ1v) is 12.3. The van der Waals surface area contributed by atoms with E-state index in [1.165, 1.54) is 0 Å². The second kappa shape index (κ2) is 12.6. The fourth-order valence-corrected chi connectivity index (χ4v) is 4.27. The molecule has 0 atom stereocenters. The van der Waals surface area contributed by atoms with Gasteiger partial charge in [0.2, 0.25) is 5.91 Å². The summed E-state index contributed by atoms with van der Waals surface area (Å²) in [4.78, 5) is 26.7. The Labute approximate surface area is 206 Å². The number of halogens is 1. The Morgan fingerprint density at radius 2 is 1.91 bits per heavy atom. The van der Waals surface area contributed by atoms with E-state index in [9.17, 15) is 9.59 Å². The SMILES string of the molecule is CCCCOc1c(Cl)cc(C(=O)Nc2cccc(CN3CCC(C(N)=O)CC3)c2)cc1OCC. The standard InChI is InChI=1S/C26H34ClN3O4/c1-3-5-13-34-24-22(27)15-20(16-23(24)33-4-2)26(32)29-21-8-6-7-18(14-21)17-30-11-9-19(10-12-30)25(28)31/h6-8,14-16,19H,3-5,9-13,17H2,1-2H3,(H2,28,31)(H,29,32). The van der Waals surface area contributed by atoms with Crippen LogP contribution in [0.15, 0.2) is 36.4 Å². The summed E-state index contributed by atoms with van der Waals surface area (Å²) in [5.41, 5.74) is 7.61. The highest BCUT2D eigenvalue weighted by atomic mass is 35.5. The van der Waals surface area contributed by atoms with Gasteiger partial charge in [0.25, 0.3) is 5.91 Å². The van der Waals surface area contributed by atoms with Crippen molar-refractivity contribution in [3.8, 4) is 11.5 Å². The average Bonchev–Trinajstić information content (AvgIpc) is 2.81. The number of benzene rings is 2. The number of carbonyl (C=O) groups excluding carboxylic acids is 2. The van der Waals surface area contributed by atoms with Gasteiger partial charge < -0.3 is 20.5 Å². The zero-order valence-corrected chi connectivity index (χ0v) is 20.7. The number of hydrogen-bond donors (Lipinski definition) is 2. The Balaban J connectivity index is 1.66. The smallest absolute Gasteiger partial charge is 0.255 e. The van der Waals surface area contributed by atoms with E-state index in [0.717, 1.165) is 50.9 Å². The number of nitrogens with one attached hydrogen (secondary N) is 1. The zero-order chi connectivity index (χ0) is 24.5. The molecule has 1 heterocycles. The highest BCUT2D eigenvalue weighted by molar-refractivity contribution is 6.32. The number of likely N-dealkylation sites (tertiary alicyclic amines) is 1. The molecular formula is C26H34ClN3O4. The van der Waals surface area contributed by atoms with Gasteiger partial charge in [-0.3, -0.25) is 14.5 Å². The van der Waals surface area contributed by atoms with Gasteiger partial charge in [-0.25, -0.2) is 0 Å². The summed E-state index contributed by atoms with van der Waals surface area (Å²) < 4.78 is 11.5. The molecule has 0 aliphatic carbocycles. The largest absolute Gasteiger partial charge is 0.490 e. The van der Waals surface area contributed by atoms with Crippen molar-refractivity contribution in [2.75, 3.05) is 31.6 Å². The van der Waals surface area contributed by atoms with E-state index in [-0.39, 0.29) is 17.7 Å². The molecule has 1 aliphatic heterocycles. The van der Waals surface area contributed by atoms with Gasteiger partial charge >= 0.3 is 0 Å². The van der Waals surface area contributed by atoms with Crippen LogP contribution in [0, 0.1) is 5.92 Å². The molecule has 34 heavy (non-hydrogen) atoms. The third-order valence-electron chi connectivity index (χ3n) is 5.90. The van der Waals surface area contributed by atoms with Crippen LogP contribution in [0.4, 0.5) is 5.69 Å². The van der Waals surface area contributed by atoms with Crippen LogP contribution in [0.3, 0.4) is 0 Å². The lowest BCUT2D eigenvalue weighted by Crippen LogP contribution is -2.38. The molecule has 0 saturated carbocycles. The molecule has 3 N–H and O–H groups in total. The highest BCUT2D eigenvalue weighted by Gasteiger charge is 2.23. The predicted octanol–water partition coefficient (Wildman–Crippen LogP) is 4.87. The maximum Gasteiger partial charge on any atom is 0.255 e. The number of nitrogens with two attached hydrogens (primary N) is 1. The van der Waals surface area contributed by atoms with Gasteiger partial charge in [0, 0.05) is 23.7 Å². The third-order valence-corrected chi connectivity index (χ3v) is 6.18. The fraction of sp³-hybridized carbons (Fsp3) is 0.462. The van der Waals surface area contributed by atoms with E-state index < -0.39 is 0 Å². The van der Waals surface area contributed by atoms with E-state index in [1.54, 1.807) is 12.1 Å². The number of rotatable bonds is 11. The third kappa shape index (κ3) is 7.11. The maximum atomic E-state index is 13.0. The van der Waals surface area contributed by atoms with Gasteiger partial charge in [-0.05, 0) is 69.1 Å². The van der Waals surface area contributed by atoms with Crippen LogP contribution in [-0.2, 0) is 11.3 Å². The molecule has 1 fully saturated rings. The molecular weight excluding hydrogens is 454 g/mol. The van der Waals surface area contributed by atoms with Gasteiger partial charge in [-0.15, -0.1) is 0 Å². The van der Waals surface area contributed by atoms with Crippen molar-refractivity contribution >= 4 is 29.1 Å². The number of unbranched alkanes of at least 4 members (excludes halogenated alkanes) is 1. The molecule has 2 aromatic carbocycles. The molecule has 184 valence electrons. The number of piperidine rings is 1. The minimum atomic E-state index is -0.276. The zero-order valence-electron chi connectivity index (χ0n) is 19.9. The van der Waals surface area contributed by atoms with Crippen molar-refractivity contribution in [3.05, 3.63) is 52.5 Å². The quantitative estimate of drug-likeness (QED) is 0.441. The minimum Gasteiger partial charge on any atom is -0.490 e. The first-order chi connectivity index (χ1) is 16.4. The summed E-state index contributed by atoms with van der Waals surface area (Å²) in [6.45, 7) is 7.34. The lowest BCUT2D eigenvalue weighted by atomic mass is 9.96. The van der Waals surface area contributed by atoms with Crippen molar-refractivity contribution in [2.45, 2.75) is 46.1 Å². The van der Waals surface area contributed by atoms with Gasteiger partial charge in [0.05, 0.1) is 18.2 Å². The van der Waals surface area contributed by atoms with Crippen molar-refractivity contribution in [3.63, 3.8) is 0 Å². The second-order valence-corrected chi connectivity index (χ2v) is 8.93. The Hall–Kier alpha value is -2.77. The molecule has 0 spiro atoms. The monoisotopic (exact) mass is 487 g/mol. The average molecular weight is 488 g/mol. The fourth-order valence-electron chi connectivity index (χ4n) is 4.01. The van der Waals surface area contributed by atoms with Crippen LogP contribution in [0.2, 0.25) is 5.02 Å². The highest BCUT2D eigenvalue weighted by Crippen LogP contribution is 2.37. The summed E-state index contributed by atoms with van der Waals surface area (Å²) in [5.74, 6) is 0.415. The minimum absolute atomic E-state index is 0.0290. The summed E-state index contributed by atoms with van der Waals surface area (Å²) in [7, 11) is 0. The molecule has 1 aliphatic rings. The molecule has 0 radical (unpaired) electrons. The molecule has 0 unspecified atom stereocenters. The number of amides is 2. The van der Waals surface area contributed by atoms with E-state index in [2.05, 4.69) is 17.1 Å². The Bertz CT molecular complexity index is 990. The lowest BCUT2D eigenvalue weighted by molar-refractivity contribution is -0.123. The normalized spacial score (nSPS) is 14.6. The van der Waals surface area contributed by atoms with Crippen LogP contribution in [0.5, 0.6) is 11.5 Å². The second-order valence-electron chi connectivity index (χ2n) is 8.53. The van der Waals surface area contributed by atoms with Crippen molar-refractivity contribution in [1.29, 1.82) is 0 Å². The number of primary amides is 1. The Morgan fingerprint density at radius 1 is 1.15 bits per heavy atom. The maximum absolute atomic E-state index is 13.0. The van der Waals surface area contributed by atoms with Gasteiger partial charge in [0.1, 0.15) is 0 Å². The number of anilines is 1. The molecule has 1 saturated heterocycles. The van der Waals surface area contributed by atoms with Crippen LogP contribution in [0.1, 0.15) is 55.5 Å². The number of hydrogen-bond acceptors (Lipinski definition) is 5. The molecule has 2 aromatic rings. The number of nitrogens with zero attached hydrogens (tertiary/aromatic N) is 1. The van der Waals surface area contributed by atoms with Crippen molar-refractivity contribution < 1.29 is 19.1 Å². The van der Waals surface area contributed by atoms with Crippen molar-refractivity contribution in [1.82, 2.24) is 4.90 Å². The molecule has 2 amide bonds.